The summed E-state index contributed by atoms with van der Waals surface area (Å²) in [7, 11) is 0. The van der Waals surface area contributed by atoms with Crippen LogP contribution in [0.2, 0.25) is 0 Å². The number of nitrogens with zero attached hydrogens (tertiary/aromatic N) is 1. The zero-order chi connectivity index (χ0) is 15.3. The number of carbonyl (C=O) groups excluding carboxylic acids is 1. The summed E-state index contributed by atoms with van der Waals surface area (Å²) in [6, 6.07) is 8.53. The van der Waals surface area contributed by atoms with Gasteiger partial charge in [0.1, 0.15) is 0 Å². The number of rotatable bonds is 5. The first-order valence-electron chi connectivity index (χ1n) is 7.73. The first-order valence-corrected chi connectivity index (χ1v) is 8.81. The van der Waals surface area contributed by atoms with Crippen molar-refractivity contribution < 1.29 is 9.53 Å². The number of halogens is 1. The lowest BCUT2D eigenvalue weighted by atomic mass is 9.85. The summed E-state index contributed by atoms with van der Waals surface area (Å²) in [5.41, 5.74) is 0.940. The van der Waals surface area contributed by atoms with Crippen LogP contribution in [0.1, 0.15) is 45.1 Å². The molecule has 1 aliphatic rings. The molecular formula is C17H24INO2. The number of hydrogen-bond acceptors (Lipinski definition) is 3. The van der Waals surface area contributed by atoms with Crippen molar-refractivity contribution in [1.82, 2.24) is 4.90 Å². The molecule has 3 nitrogen and oxygen atoms in total. The summed E-state index contributed by atoms with van der Waals surface area (Å²) >= 11 is 2.31. The van der Waals surface area contributed by atoms with Gasteiger partial charge in [-0.25, -0.2) is 0 Å². The van der Waals surface area contributed by atoms with Crippen LogP contribution < -0.4 is 0 Å². The molecular weight excluding hydrogens is 377 g/mol. The van der Waals surface area contributed by atoms with Crippen LogP contribution in [-0.4, -0.2) is 30.6 Å². The average molecular weight is 401 g/mol. The molecule has 0 radical (unpaired) electrons. The Kier molecular flexibility index (Phi) is 6.05. The molecule has 1 aliphatic heterocycles. The highest BCUT2D eigenvalue weighted by atomic mass is 127. The largest absolute Gasteiger partial charge is 0.466 e. The first-order chi connectivity index (χ1) is 10.1. The highest BCUT2D eigenvalue weighted by Crippen LogP contribution is 2.34. The molecule has 1 unspecified atom stereocenters. The molecule has 0 aliphatic carbocycles. The van der Waals surface area contributed by atoms with Gasteiger partial charge in [0, 0.05) is 3.57 Å². The van der Waals surface area contributed by atoms with Crippen LogP contribution in [-0.2, 0) is 15.1 Å². The van der Waals surface area contributed by atoms with E-state index in [-0.39, 0.29) is 11.5 Å². The molecule has 21 heavy (non-hydrogen) atoms. The Hall–Kier alpha value is -0.620. The number of likely N-dealkylation sites (tertiary alicyclic amines) is 1. The fourth-order valence-electron chi connectivity index (χ4n) is 3.09. The van der Waals surface area contributed by atoms with Crippen molar-refractivity contribution >= 4 is 28.6 Å². The Bertz CT molecular complexity index is 468. The van der Waals surface area contributed by atoms with E-state index in [1.54, 1.807) is 0 Å². The van der Waals surface area contributed by atoms with Gasteiger partial charge in [-0.1, -0.05) is 18.6 Å². The fraction of sp³-hybridized carbons (Fsp3) is 0.588. The SMILES string of the molecule is CCOC(=O)CC(C)(c1ccc(I)cc1)N1CCCCC1. The highest BCUT2D eigenvalue weighted by molar-refractivity contribution is 14.1. The maximum absolute atomic E-state index is 12.1. The molecule has 0 spiro atoms. The smallest absolute Gasteiger partial charge is 0.307 e. The third kappa shape index (κ3) is 4.19. The molecule has 4 heteroatoms. The number of carbonyl (C=O) groups is 1. The standard InChI is InChI=1S/C17H24INO2/c1-3-21-16(20)13-17(2,19-11-5-4-6-12-19)14-7-9-15(18)10-8-14/h7-10H,3-6,11-13H2,1-2H3. The highest BCUT2D eigenvalue weighted by Gasteiger charge is 2.37. The zero-order valence-electron chi connectivity index (χ0n) is 12.9. The molecule has 1 aromatic rings. The van der Waals surface area contributed by atoms with Crippen molar-refractivity contribution in [2.75, 3.05) is 19.7 Å². The van der Waals surface area contributed by atoms with E-state index in [2.05, 4.69) is 58.7 Å². The predicted octanol–water partition coefficient (Wildman–Crippen LogP) is 3.95. The van der Waals surface area contributed by atoms with E-state index in [0.29, 0.717) is 13.0 Å². The Morgan fingerprint density at radius 2 is 1.86 bits per heavy atom. The maximum atomic E-state index is 12.1. The topological polar surface area (TPSA) is 29.5 Å². The number of ether oxygens (including phenoxy) is 1. The maximum Gasteiger partial charge on any atom is 0.307 e. The molecule has 2 rings (SSSR count). The van der Waals surface area contributed by atoms with E-state index in [1.165, 1.54) is 28.4 Å². The van der Waals surface area contributed by atoms with Crippen LogP contribution in [0.25, 0.3) is 0 Å². The minimum Gasteiger partial charge on any atom is -0.466 e. The Labute approximate surface area is 141 Å². The van der Waals surface area contributed by atoms with Crippen LogP contribution in [0.5, 0.6) is 0 Å². The van der Waals surface area contributed by atoms with E-state index < -0.39 is 0 Å². The molecule has 116 valence electrons. The Morgan fingerprint density at radius 3 is 2.43 bits per heavy atom. The summed E-state index contributed by atoms with van der Waals surface area (Å²) in [4.78, 5) is 14.5. The van der Waals surface area contributed by atoms with Gasteiger partial charge in [-0.15, -0.1) is 0 Å². The molecule has 1 heterocycles. The third-order valence-electron chi connectivity index (χ3n) is 4.31. The number of piperidine rings is 1. The van der Waals surface area contributed by atoms with Gasteiger partial charge in [0.25, 0.3) is 0 Å². The van der Waals surface area contributed by atoms with Crippen molar-refractivity contribution in [3.63, 3.8) is 0 Å². The van der Waals surface area contributed by atoms with Gasteiger partial charge in [0.2, 0.25) is 0 Å². The second kappa shape index (κ2) is 7.58. The lowest BCUT2D eigenvalue weighted by molar-refractivity contribution is -0.146. The molecule has 1 atom stereocenters. The van der Waals surface area contributed by atoms with Crippen molar-refractivity contribution in [3.05, 3.63) is 33.4 Å². The van der Waals surface area contributed by atoms with Crippen molar-refractivity contribution in [2.24, 2.45) is 0 Å². The molecule has 1 fully saturated rings. The second-order valence-corrected chi connectivity index (χ2v) is 7.06. The summed E-state index contributed by atoms with van der Waals surface area (Å²) in [6.45, 7) is 6.60. The second-order valence-electron chi connectivity index (χ2n) is 5.81. The van der Waals surface area contributed by atoms with Crippen molar-refractivity contribution in [3.8, 4) is 0 Å². The molecule has 0 amide bonds. The van der Waals surface area contributed by atoms with Crippen molar-refractivity contribution in [2.45, 2.75) is 45.1 Å². The van der Waals surface area contributed by atoms with E-state index >= 15 is 0 Å². The summed E-state index contributed by atoms with van der Waals surface area (Å²) in [6.07, 6.45) is 4.13. The molecule has 0 aromatic heterocycles. The number of esters is 1. The Balaban J connectivity index is 2.27. The van der Waals surface area contributed by atoms with Crippen LogP contribution in [0.3, 0.4) is 0 Å². The predicted molar refractivity (Wildman–Crippen MR) is 93.2 cm³/mol. The van der Waals surface area contributed by atoms with Gasteiger partial charge in [-0.2, -0.15) is 0 Å². The summed E-state index contributed by atoms with van der Waals surface area (Å²) in [5, 5.41) is 0. The van der Waals surface area contributed by atoms with Gasteiger partial charge in [0.05, 0.1) is 18.6 Å². The fourth-order valence-corrected chi connectivity index (χ4v) is 3.45. The van der Waals surface area contributed by atoms with Crippen LogP contribution in [0.4, 0.5) is 0 Å². The van der Waals surface area contributed by atoms with Crippen LogP contribution >= 0.6 is 22.6 Å². The van der Waals surface area contributed by atoms with Gasteiger partial charge in [-0.3, -0.25) is 9.69 Å². The van der Waals surface area contributed by atoms with Gasteiger partial charge >= 0.3 is 5.97 Å². The van der Waals surface area contributed by atoms with Gasteiger partial charge in [0.15, 0.2) is 0 Å². The zero-order valence-corrected chi connectivity index (χ0v) is 15.1. The van der Waals surface area contributed by atoms with Gasteiger partial charge < -0.3 is 4.74 Å². The lowest BCUT2D eigenvalue weighted by Crippen LogP contribution is -2.48. The van der Waals surface area contributed by atoms with Crippen molar-refractivity contribution in [1.29, 1.82) is 0 Å². The molecule has 0 saturated carbocycles. The summed E-state index contributed by atoms with van der Waals surface area (Å²) < 4.78 is 6.42. The minimum atomic E-state index is -0.267. The van der Waals surface area contributed by atoms with Crippen LogP contribution in [0, 0.1) is 3.57 Å². The average Bonchev–Trinajstić information content (AvgIpc) is 2.49. The van der Waals surface area contributed by atoms with E-state index in [0.717, 1.165) is 13.1 Å². The third-order valence-corrected chi connectivity index (χ3v) is 5.03. The van der Waals surface area contributed by atoms with E-state index in [1.807, 2.05) is 6.92 Å². The molecule has 1 saturated heterocycles. The van der Waals surface area contributed by atoms with E-state index in [4.69, 9.17) is 4.74 Å². The Morgan fingerprint density at radius 1 is 1.24 bits per heavy atom. The summed E-state index contributed by atoms with van der Waals surface area (Å²) in [5.74, 6) is -0.107. The molecule has 1 aromatic carbocycles. The minimum absolute atomic E-state index is 0.107. The van der Waals surface area contributed by atoms with Gasteiger partial charge in [-0.05, 0) is 80.1 Å². The quantitative estimate of drug-likeness (QED) is 0.553. The molecule has 0 N–H and O–H groups in total. The number of hydrogen-bond donors (Lipinski definition) is 0. The number of benzene rings is 1. The molecule has 0 bridgehead atoms. The van der Waals surface area contributed by atoms with E-state index in [9.17, 15) is 4.79 Å². The first kappa shape index (κ1) is 16.7. The lowest BCUT2D eigenvalue weighted by Gasteiger charge is -2.43. The van der Waals surface area contributed by atoms with Crippen LogP contribution in [0.15, 0.2) is 24.3 Å². The monoisotopic (exact) mass is 401 g/mol. The normalized spacial score (nSPS) is 19.0.